The van der Waals surface area contributed by atoms with E-state index in [0.717, 1.165) is 10.9 Å². The number of nitrogens with zero attached hydrogens (tertiary/aromatic N) is 2. The highest BCUT2D eigenvalue weighted by Crippen LogP contribution is 2.06. The van der Waals surface area contributed by atoms with Crippen molar-refractivity contribution < 1.29 is 0 Å². The normalized spacial score (nSPS) is 10.2. The molecule has 13 heavy (non-hydrogen) atoms. The Morgan fingerprint density at radius 2 is 1.92 bits per heavy atom. The van der Waals surface area contributed by atoms with E-state index in [2.05, 4.69) is 10.2 Å². The van der Waals surface area contributed by atoms with Crippen LogP contribution in [0.1, 0.15) is 0 Å². The summed E-state index contributed by atoms with van der Waals surface area (Å²) in [5.74, 6) is 0. The summed E-state index contributed by atoms with van der Waals surface area (Å²) >= 11 is 1.88. The van der Waals surface area contributed by atoms with Gasteiger partial charge in [-0.25, -0.2) is 0 Å². The molecule has 0 N–H and O–H groups in total. The predicted octanol–water partition coefficient (Wildman–Crippen LogP) is 1.59. The van der Waals surface area contributed by atoms with E-state index in [1.807, 2.05) is 46.9 Å². The molecule has 0 bridgehead atoms. The first-order chi connectivity index (χ1) is 6.27. The molecule has 0 fully saturated rings. The maximum absolute atomic E-state index is 11.3. The highest BCUT2D eigenvalue weighted by Gasteiger charge is 1.96. The fourth-order valence-corrected chi connectivity index (χ4v) is 1.31. The van der Waals surface area contributed by atoms with Crippen molar-refractivity contribution in [3.05, 3.63) is 44.3 Å². The quantitative estimate of drug-likeness (QED) is 0.690. The van der Waals surface area contributed by atoms with Gasteiger partial charge >= 0.3 is 0 Å². The third kappa shape index (κ3) is 1.67. The average Bonchev–Trinajstić information content (AvgIpc) is 2.28. The molecule has 0 aliphatic carbocycles. The molecule has 0 unspecified atom stereocenters. The van der Waals surface area contributed by atoms with Gasteiger partial charge in [0, 0.05) is 5.39 Å². The molecule has 4 heteroatoms. The lowest BCUT2D eigenvalue weighted by atomic mass is 10.2. The standard InChI is InChI=1S/C9H5IN2O/c10-9-8(13)5-6-3-1-2-4-7(6)11-12-9/h1-5H. The van der Waals surface area contributed by atoms with E-state index in [-0.39, 0.29) is 5.43 Å². The summed E-state index contributed by atoms with van der Waals surface area (Å²) in [6, 6.07) is 8.97. The van der Waals surface area contributed by atoms with Crippen LogP contribution in [0.4, 0.5) is 0 Å². The molecule has 0 aliphatic rings. The van der Waals surface area contributed by atoms with Crippen LogP contribution in [0, 0.1) is 3.70 Å². The molecule has 1 heterocycles. The number of hydrogen-bond donors (Lipinski definition) is 0. The van der Waals surface area contributed by atoms with Crippen molar-refractivity contribution in [1.82, 2.24) is 10.2 Å². The number of rotatable bonds is 0. The molecular formula is C9H5IN2O. The van der Waals surface area contributed by atoms with Gasteiger partial charge in [-0.2, -0.15) is 0 Å². The summed E-state index contributed by atoms with van der Waals surface area (Å²) in [5.41, 5.74) is 0.650. The van der Waals surface area contributed by atoms with Crippen molar-refractivity contribution in [1.29, 1.82) is 0 Å². The van der Waals surface area contributed by atoms with Crippen LogP contribution >= 0.6 is 22.6 Å². The topological polar surface area (TPSA) is 42.9 Å². The second-order valence-corrected chi connectivity index (χ2v) is 3.58. The lowest BCUT2D eigenvalue weighted by Gasteiger charge is -1.85. The molecule has 0 atom stereocenters. The summed E-state index contributed by atoms with van der Waals surface area (Å²) in [4.78, 5) is 11.3. The Hall–Kier alpha value is -1.04. The number of aromatic nitrogens is 2. The van der Waals surface area contributed by atoms with Gasteiger partial charge in [0.1, 0.15) is 0 Å². The SMILES string of the molecule is O=c1cc2ccccc2nnc1I. The monoisotopic (exact) mass is 284 g/mol. The van der Waals surface area contributed by atoms with Crippen molar-refractivity contribution in [2.24, 2.45) is 0 Å². The molecule has 1 aromatic heterocycles. The van der Waals surface area contributed by atoms with Crippen LogP contribution in [-0.2, 0) is 0 Å². The Morgan fingerprint density at radius 1 is 1.15 bits per heavy atom. The Balaban J connectivity index is 2.97. The molecule has 2 aromatic rings. The lowest BCUT2D eigenvalue weighted by molar-refractivity contribution is 1.05. The van der Waals surface area contributed by atoms with Crippen LogP contribution in [0.5, 0.6) is 0 Å². The Labute approximate surface area is 88.0 Å². The second-order valence-electron chi connectivity index (χ2n) is 2.56. The van der Waals surface area contributed by atoms with Crippen LogP contribution in [-0.4, -0.2) is 10.2 Å². The third-order valence-corrected chi connectivity index (χ3v) is 2.42. The van der Waals surface area contributed by atoms with E-state index in [0.29, 0.717) is 3.70 Å². The molecule has 0 spiro atoms. The zero-order chi connectivity index (χ0) is 9.26. The molecule has 2 rings (SSSR count). The summed E-state index contributed by atoms with van der Waals surface area (Å²) in [6.45, 7) is 0. The average molecular weight is 284 g/mol. The van der Waals surface area contributed by atoms with Gasteiger partial charge in [-0.15, -0.1) is 10.2 Å². The van der Waals surface area contributed by atoms with Gasteiger partial charge in [0.25, 0.3) is 0 Å². The fourth-order valence-electron chi connectivity index (χ4n) is 1.05. The zero-order valence-corrected chi connectivity index (χ0v) is 8.72. The number of benzene rings is 1. The third-order valence-electron chi connectivity index (χ3n) is 1.67. The Morgan fingerprint density at radius 3 is 2.77 bits per heavy atom. The molecule has 0 amide bonds. The number of hydrogen-bond acceptors (Lipinski definition) is 3. The van der Waals surface area contributed by atoms with Crippen molar-refractivity contribution >= 4 is 33.5 Å². The van der Waals surface area contributed by atoms with E-state index in [1.54, 1.807) is 6.07 Å². The van der Waals surface area contributed by atoms with Gasteiger partial charge in [-0.05, 0) is 34.7 Å². The molecule has 0 saturated heterocycles. The predicted molar refractivity (Wildman–Crippen MR) is 58.5 cm³/mol. The molecule has 0 aliphatic heterocycles. The minimum absolute atomic E-state index is 0.0886. The molecule has 64 valence electrons. The summed E-state index contributed by atoms with van der Waals surface area (Å²) in [5, 5.41) is 8.56. The minimum Gasteiger partial charge on any atom is -0.287 e. The van der Waals surface area contributed by atoms with E-state index >= 15 is 0 Å². The zero-order valence-electron chi connectivity index (χ0n) is 6.57. The van der Waals surface area contributed by atoms with Gasteiger partial charge in [-0.3, -0.25) is 4.79 Å². The first kappa shape index (κ1) is 8.55. The van der Waals surface area contributed by atoms with Crippen LogP contribution in [0.2, 0.25) is 0 Å². The maximum Gasteiger partial charge on any atom is 0.212 e. The van der Waals surface area contributed by atoms with Gasteiger partial charge < -0.3 is 0 Å². The highest BCUT2D eigenvalue weighted by molar-refractivity contribution is 14.1. The maximum atomic E-state index is 11.3. The molecule has 0 saturated carbocycles. The van der Waals surface area contributed by atoms with E-state index in [1.165, 1.54) is 0 Å². The van der Waals surface area contributed by atoms with Crippen LogP contribution in [0.15, 0.2) is 35.1 Å². The molecular weight excluding hydrogens is 279 g/mol. The van der Waals surface area contributed by atoms with Crippen molar-refractivity contribution in [2.45, 2.75) is 0 Å². The van der Waals surface area contributed by atoms with Gasteiger partial charge in [0.2, 0.25) is 5.43 Å². The summed E-state index contributed by atoms with van der Waals surface area (Å²) in [7, 11) is 0. The number of fused-ring (bicyclic) bond motifs is 1. The van der Waals surface area contributed by atoms with Gasteiger partial charge in [-0.1, -0.05) is 18.2 Å². The first-order valence-electron chi connectivity index (χ1n) is 3.70. The summed E-state index contributed by atoms with van der Waals surface area (Å²) < 4.78 is 0.397. The van der Waals surface area contributed by atoms with Crippen LogP contribution < -0.4 is 5.43 Å². The molecule has 3 nitrogen and oxygen atoms in total. The Kier molecular flexibility index (Phi) is 2.22. The van der Waals surface area contributed by atoms with Crippen molar-refractivity contribution in [2.75, 3.05) is 0 Å². The smallest absolute Gasteiger partial charge is 0.212 e. The first-order valence-corrected chi connectivity index (χ1v) is 4.77. The van der Waals surface area contributed by atoms with Crippen LogP contribution in [0.25, 0.3) is 10.9 Å². The van der Waals surface area contributed by atoms with Gasteiger partial charge in [0.15, 0.2) is 3.70 Å². The Bertz CT molecular complexity index is 513. The van der Waals surface area contributed by atoms with Crippen molar-refractivity contribution in [3.63, 3.8) is 0 Å². The lowest BCUT2D eigenvalue weighted by Crippen LogP contribution is -2.00. The number of halogens is 1. The largest absolute Gasteiger partial charge is 0.287 e. The molecule has 1 aromatic carbocycles. The van der Waals surface area contributed by atoms with Gasteiger partial charge in [0.05, 0.1) is 5.52 Å². The van der Waals surface area contributed by atoms with Crippen molar-refractivity contribution in [3.8, 4) is 0 Å². The minimum atomic E-state index is -0.0886. The molecule has 0 radical (unpaired) electrons. The van der Waals surface area contributed by atoms with E-state index < -0.39 is 0 Å². The highest BCUT2D eigenvalue weighted by atomic mass is 127. The van der Waals surface area contributed by atoms with E-state index in [4.69, 9.17) is 0 Å². The summed E-state index contributed by atoms with van der Waals surface area (Å²) in [6.07, 6.45) is 0. The fraction of sp³-hybridized carbons (Fsp3) is 0. The van der Waals surface area contributed by atoms with Crippen LogP contribution in [0.3, 0.4) is 0 Å². The second kappa shape index (κ2) is 3.37. The van der Waals surface area contributed by atoms with E-state index in [9.17, 15) is 4.79 Å².